The van der Waals surface area contributed by atoms with Gasteiger partial charge in [0.05, 0.1) is 12.4 Å². The largest absolute Gasteiger partial charge is 0.421 e. The molecule has 20 heavy (non-hydrogen) atoms. The monoisotopic (exact) mass is 272 g/mol. The summed E-state index contributed by atoms with van der Waals surface area (Å²) < 4.78 is 8.71. The third kappa shape index (κ3) is 2.41. The molecule has 0 unspecified atom stereocenters. The Morgan fingerprint density at radius 3 is 2.75 bits per heavy atom. The molecule has 0 aliphatic rings. The van der Waals surface area contributed by atoms with Gasteiger partial charge in [-0.2, -0.15) is 25.1 Å². The molecule has 0 amide bonds. The molecule has 0 bridgehead atoms. The Kier molecular flexibility index (Phi) is 2.99. The van der Waals surface area contributed by atoms with Gasteiger partial charge in [0, 0.05) is 26.5 Å². The van der Waals surface area contributed by atoms with Crippen LogP contribution in [0.3, 0.4) is 0 Å². The average Bonchev–Trinajstić information content (AvgIpc) is 3.10. The number of nitrogens with one attached hydrogen (secondary N) is 1. The van der Waals surface area contributed by atoms with Gasteiger partial charge in [0.2, 0.25) is 5.95 Å². The Morgan fingerprint density at radius 1 is 1.20 bits per heavy atom. The first-order valence-electron chi connectivity index (χ1n) is 5.85. The molecule has 3 heterocycles. The fourth-order valence-electron chi connectivity index (χ4n) is 1.55. The highest BCUT2D eigenvalue weighted by molar-refractivity contribution is 5.30. The normalized spacial score (nSPS) is 10.5. The smallest absolute Gasteiger partial charge is 0.328 e. The van der Waals surface area contributed by atoms with E-state index in [4.69, 9.17) is 4.74 Å². The fraction of sp³-hybridized carbons (Fsp3) is 0.182. The molecular weight excluding hydrogens is 260 g/mol. The first kappa shape index (κ1) is 12.1. The molecule has 0 atom stereocenters. The number of nitrogens with zero attached hydrogens (tertiary/aromatic N) is 7. The predicted molar refractivity (Wildman–Crippen MR) is 69.8 cm³/mol. The molecule has 9 heteroatoms. The Hall–Kier alpha value is -2.97. The summed E-state index contributed by atoms with van der Waals surface area (Å²) in [4.78, 5) is 12.5. The van der Waals surface area contributed by atoms with E-state index in [0.717, 1.165) is 0 Å². The van der Waals surface area contributed by atoms with E-state index in [2.05, 4.69) is 30.5 Å². The summed E-state index contributed by atoms with van der Waals surface area (Å²) in [6.45, 7) is 0. The van der Waals surface area contributed by atoms with Gasteiger partial charge < -0.3 is 10.1 Å². The van der Waals surface area contributed by atoms with Gasteiger partial charge in [-0.1, -0.05) is 0 Å². The average molecular weight is 272 g/mol. The Morgan fingerprint density at radius 2 is 2.10 bits per heavy atom. The van der Waals surface area contributed by atoms with Crippen molar-refractivity contribution in [3.8, 4) is 17.7 Å². The van der Waals surface area contributed by atoms with Gasteiger partial charge >= 0.3 is 6.01 Å². The summed E-state index contributed by atoms with van der Waals surface area (Å²) in [6, 6.07) is 1.95. The van der Waals surface area contributed by atoms with Crippen LogP contribution in [0.5, 0.6) is 11.8 Å². The van der Waals surface area contributed by atoms with Crippen molar-refractivity contribution in [2.24, 2.45) is 7.05 Å². The molecule has 0 spiro atoms. The van der Waals surface area contributed by atoms with E-state index in [-0.39, 0.29) is 6.01 Å². The molecule has 0 radical (unpaired) electrons. The van der Waals surface area contributed by atoms with Crippen LogP contribution < -0.4 is 10.1 Å². The van der Waals surface area contributed by atoms with E-state index >= 15 is 0 Å². The molecule has 0 aliphatic carbocycles. The van der Waals surface area contributed by atoms with Crippen molar-refractivity contribution in [2.45, 2.75) is 0 Å². The maximum Gasteiger partial charge on any atom is 0.328 e. The van der Waals surface area contributed by atoms with Crippen LogP contribution in [0.25, 0.3) is 5.95 Å². The van der Waals surface area contributed by atoms with Gasteiger partial charge in [0.25, 0.3) is 5.95 Å². The quantitative estimate of drug-likeness (QED) is 0.743. The van der Waals surface area contributed by atoms with Gasteiger partial charge in [-0.05, 0) is 6.07 Å². The Labute approximate surface area is 114 Å². The first-order chi connectivity index (χ1) is 9.74. The van der Waals surface area contributed by atoms with Crippen molar-refractivity contribution in [2.75, 3.05) is 12.4 Å². The molecule has 9 nitrogen and oxygen atoms in total. The van der Waals surface area contributed by atoms with Crippen LogP contribution in [0.15, 0.2) is 30.9 Å². The van der Waals surface area contributed by atoms with Crippen LogP contribution in [0.1, 0.15) is 0 Å². The zero-order valence-corrected chi connectivity index (χ0v) is 10.9. The van der Waals surface area contributed by atoms with Crippen LogP contribution in [0.2, 0.25) is 0 Å². The molecule has 3 aromatic rings. The van der Waals surface area contributed by atoms with Gasteiger partial charge in [-0.3, -0.25) is 4.68 Å². The molecule has 3 aromatic heterocycles. The number of hydrogen-bond donors (Lipinski definition) is 1. The molecule has 0 saturated carbocycles. The van der Waals surface area contributed by atoms with Crippen LogP contribution >= 0.6 is 0 Å². The summed E-state index contributed by atoms with van der Waals surface area (Å²) in [6.07, 6.45) is 6.68. The summed E-state index contributed by atoms with van der Waals surface area (Å²) in [5.41, 5.74) is 0. The predicted octanol–water partition coefficient (Wildman–Crippen LogP) is 0.625. The third-order valence-electron chi connectivity index (χ3n) is 2.43. The lowest BCUT2D eigenvalue weighted by atomic mass is 10.6. The number of aryl methyl sites for hydroxylation is 1. The van der Waals surface area contributed by atoms with Crippen LogP contribution in [0, 0.1) is 0 Å². The summed E-state index contributed by atoms with van der Waals surface area (Å²) in [5, 5.41) is 10.9. The van der Waals surface area contributed by atoms with Crippen molar-refractivity contribution in [1.29, 1.82) is 0 Å². The standard InChI is InChI=1S/C11H12N8O/c1-12-9-15-10(19-5-3-4-13-19)17-11(16-9)20-8-6-14-18(2)7-8/h3-7H,1-2H3,(H,12,15,16,17). The highest BCUT2D eigenvalue weighted by atomic mass is 16.5. The van der Waals surface area contributed by atoms with Crippen LogP contribution in [0.4, 0.5) is 5.95 Å². The zero-order chi connectivity index (χ0) is 13.9. The molecule has 0 aliphatic heterocycles. The molecular formula is C11H12N8O. The second kappa shape index (κ2) is 4.96. The van der Waals surface area contributed by atoms with Gasteiger partial charge in [0.15, 0.2) is 5.75 Å². The fourth-order valence-corrected chi connectivity index (χ4v) is 1.55. The molecule has 0 saturated heterocycles. The second-order valence-corrected chi connectivity index (χ2v) is 3.89. The molecule has 0 fully saturated rings. The number of hydrogen-bond acceptors (Lipinski definition) is 7. The van der Waals surface area contributed by atoms with Crippen LogP contribution in [-0.4, -0.2) is 41.6 Å². The number of anilines is 1. The van der Waals surface area contributed by atoms with E-state index in [9.17, 15) is 0 Å². The highest BCUT2D eigenvalue weighted by Gasteiger charge is 2.10. The van der Waals surface area contributed by atoms with Crippen molar-refractivity contribution >= 4 is 5.95 Å². The van der Waals surface area contributed by atoms with E-state index in [1.54, 1.807) is 49.6 Å². The topological polar surface area (TPSA) is 95.6 Å². The van der Waals surface area contributed by atoms with Gasteiger partial charge in [-0.15, -0.1) is 0 Å². The minimum atomic E-state index is 0.169. The van der Waals surface area contributed by atoms with E-state index in [1.165, 1.54) is 4.68 Å². The summed E-state index contributed by atoms with van der Waals surface area (Å²) >= 11 is 0. The SMILES string of the molecule is CNc1nc(Oc2cnn(C)c2)nc(-n2cccn2)n1. The highest BCUT2D eigenvalue weighted by Crippen LogP contribution is 2.18. The van der Waals surface area contributed by atoms with E-state index in [0.29, 0.717) is 17.6 Å². The van der Waals surface area contributed by atoms with Crippen molar-refractivity contribution in [1.82, 2.24) is 34.5 Å². The second-order valence-electron chi connectivity index (χ2n) is 3.89. The zero-order valence-electron chi connectivity index (χ0n) is 10.9. The number of aromatic nitrogens is 7. The van der Waals surface area contributed by atoms with Crippen molar-refractivity contribution in [3.63, 3.8) is 0 Å². The first-order valence-corrected chi connectivity index (χ1v) is 5.85. The molecule has 0 aromatic carbocycles. The Balaban J connectivity index is 1.96. The van der Waals surface area contributed by atoms with E-state index in [1.807, 2.05) is 0 Å². The molecule has 1 N–H and O–H groups in total. The van der Waals surface area contributed by atoms with Gasteiger partial charge in [-0.25, -0.2) is 4.68 Å². The number of rotatable bonds is 4. The lowest BCUT2D eigenvalue weighted by Gasteiger charge is -2.06. The summed E-state index contributed by atoms with van der Waals surface area (Å²) in [7, 11) is 3.52. The third-order valence-corrected chi connectivity index (χ3v) is 2.43. The molecule has 3 rings (SSSR count). The van der Waals surface area contributed by atoms with Gasteiger partial charge in [0.1, 0.15) is 0 Å². The summed E-state index contributed by atoms with van der Waals surface area (Å²) in [5.74, 6) is 1.31. The van der Waals surface area contributed by atoms with Crippen LogP contribution in [-0.2, 0) is 7.05 Å². The Bertz CT molecular complexity index is 705. The lowest BCUT2D eigenvalue weighted by Crippen LogP contribution is -2.08. The van der Waals surface area contributed by atoms with Crippen molar-refractivity contribution < 1.29 is 4.74 Å². The van der Waals surface area contributed by atoms with Crippen molar-refractivity contribution in [3.05, 3.63) is 30.9 Å². The lowest BCUT2D eigenvalue weighted by molar-refractivity contribution is 0.438. The minimum Gasteiger partial charge on any atom is -0.421 e. The van der Waals surface area contributed by atoms with E-state index < -0.39 is 0 Å². The minimum absolute atomic E-state index is 0.169. The number of ether oxygens (including phenoxy) is 1. The maximum atomic E-state index is 5.55. The maximum absolute atomic E-state index is 5.55. The molecule has 102 valence electrons.